The lowest BCUT2D eigenvalue weighted by atomic mass is 9.78. The van der Waals surface area contributed by atoms with E-state index in [1.54, 1.807) is 0 Å². The highest BCUT2D eigenvalue weighted by Crippen LogP contribution is 2.41. The molecule has 0 radical (unpaired) electrons. The summed E-state index contributed by atoms with van der Waals surface area (Å²) in [5.41, 5.74) is 10.3. The fourth-order valence-electron chi connectivity index (χ4n) is 3.49. The van der Waals surface area contributed by atoms with Crippen LogP contribution in [-0.2, 0) is 6.42 Å². The van der Waals surface area contributed by atoms with E-state index in [2.05, 4.69) is 45.1 Å². The van der Waals surface area contributed by atoms with Crippen molar-refractivity contribution in [3.05, 3.63) is 28.8 Å². The zero-order valence-electron chi connectivity index (χ0n) is 14.2. The third kappa shape index (κ3) is 3.80. The maximum Gasteiger partial charge on any atom is 0.102 e. The molecule has 2 rings (SSSR count). The first-order valence-electron chi connectivity index (χ1n) is 8.23. The second-order valence-electron chi connectivity index (χ2n) is 7.49. The van der Waals surface area contributed by atoms with Crippen molar-refractivity contribution < 1.29 is 10.2 Å². The van der Waals surface area contributed by atoms with Gasteiger partial charge in [-0.3, -0.25) is 0 Å². The van der Waals surface area contributed by atoms with Gasteiger partial charge in [0, 0.05) is 17.1 Å². The molecule has 0 saturated heterocycles. The molecule has 4 nitrogen and oxygen atoms in total. The van der Waals surface area contributed by atoms with E-state index in [9.17, 15) is 10.2 Å². The molecule has 1 aromatic rings. The van der Waals surface area contributed by atoms with E-state index in [1.165, 1.54) is 16.7 Å². The summed E-state index contributed by atoms with van der Waals surface area (Å²) in [7, 11) is 0. The van der Waals surface area contributed by atoms with Crippen molar-refractivity contribution in [2.24, 2.45) is 5.73 Å². The Labute approximate surface area is 133 Å². The fourth-order valence-corrected chi connectivity index (χ4v) is 3.49. The van der Waals surface area contributed by atoms with Crippen molar-refractivity contribution in [3.8, 4) is 0 Å². The molecule has 0 bridgehead atoms. The van der Waals surface area contributed by atoms with Crippen LogP contribution in [0.4, 0.5) is 5.69 Å². The van der Waals surface area contributed by atoms with Crippen molar-refractivity contribution in [1.82, 2.24) is 0 Å². The van der Waals surface area contributed by atoms with Gasteiger partial charge in [0.2, 0.25) is 0 Å². The first-order chi connectivity index (χ1) is 10.2. The van der Waals surface area contributed by atoms with Gasteiger partial charge in [0.15, 0.2) is 0 Å². The van der Waals surface area contributed by atoms with Gasteiger partial charge in [0.05, 0.1) is 6.61 Å². The Balaban J connectivity index is 2.44. The average molecular weight is 306 g/mol. The number of fused-ring (bicyclic) bond motifs is 1. The minimum absolute atomic E-state index is 0.0103. The topological polar surface area (TPSA) is 78.5 Å². The first-order valence-corrected chi connectivity index (χ1v) is 8.23. The van der Waals surface area contributed by atoms with Gasteiger partial charge in [-0.25, -0.2) is 0 Å². The zero-order chi connectivity index (χ0) is 16.5. The van der Waals surface area contributed by atoms with Crippen molar-refractivity contribution in [2.45, 2.75) is 70.6 Å². The molecule has 0 aliphatic carbocycles. The van der Waals surface area contributed by atoms with Gasteiger partial charge >= 0.3 is 0 Å². The van der Waals surface area contributed by atoms with Gasteiger partial charge in [-0.2, -0.15) is 0 Å². The monoisotopic (exact) mass is 306 g/mol. The molecular weight excluding hydrogens is 276 g/mol. The smallest absolute Gasteiger partial charge is 0.102 e. The maximum atomic E-state index is 9.77. The van der Waals surface area contributed by atoms with E-state index < -0.39 is 6.23 Å². The number of hydrogen-bond acceptors (Lipinski definition) is 4. The number of aliphatic hydroxyl groups excluding tert-OH is 2. The lowest BCUT2D eigenvalue weighted by Gasteiger charge is -2.39. The standard InChI is InChI=1S/C18H30N2O2/c1-11(2)14-8-16-15(7-12(14)5-6-17(19)22)13(10-21)9-18(3,4)20-16/h7-8,11,13,17,20-22H,5-6,9-10,19H2,1-4H3/t13?,17-/m0/s1. The van der Waals surface area contributed by atoms with Gasteiger partial charge in [-0.05, 0) is 61.8 Å². The van der Waals surface area contributed by atoms with Crippen LogP contribution in [0.25, 0.3) is 0 Å². The number of nitrogens with one attached hydrogen (secondary N) is 1. The van der Waals surface area contributed by atoms with Crippen LogP contribution in [0.5, 0.6) is 0 Å². The van der Waals surface area contributed by atoms with Crippen molar-refractivity contribution in [1.29, 1.82) is 0 Å². The van der Waals surface area contributed by atoms with Gasteiger partial charge in [0.25, 0.3) is 0 Å². The molecule has 0 amide bonds. The maximum absolute atomic E-state index is 9.77. The van der Waals surface area contributed by atoms with Gasteiger partial charge < -0.3 is 21.3 Å². The quantitative estimate of drug-likeness (QED) is 0.631. The first kappa shape index (κ1) is 17.3. The third-order valence-electron chi connectivity index (χ3n) is 4.53. The molecule has 1 aliphatic rings. The van der Waals surface area contributed by atoms with E-state index in [1.807, 2.05) is 0 Å². The summed E-state index contributed by atoms with van der Waals surface area (Å²) in [6.45, 7) is 8.87. The molecular formula is C18H30N2O2. The van der Waals surface area contributed by atoms with Crippen molar-refractivity contribution in [2.75, 3.05) is 11.9 Å². The molecule has 1 unspecified atom stereocenters. The number of anilines is 1. The Hall–Kier alpha value is -1.10. The molecule has 0 fully saturated rings. The van der Waals surface area contributed by atoms with E-state index in [0.29, 0.717) is 12.3 Å². The van der Waals surface area contributed by atoms with E-state index in [-0.39, 0.29) is 18.1 Å². The van der Waals surface area contributed by atoms with Crippen LogP contribution in [0.1, 0.15) is 69.1 Å². The Morgan fingerprint density at radius 2 is 2.05 bits per heavy atom. The van der Waals surface area contributed by atoms with E-state index >= 15 is 0 Å². The van der Waals surface area contributed by atoms with Crippen LogP contribution >= 0.6 is 0 Å². The minimum Gasteiger partial charge on any atom is -0.396 e. The number of hydrogen-bond donors (Lipinski definition) is 4. The molecule has 22 heavy (non-hydrogen) atoms. The second kappa shape index (κ2) is 6.57. The van der Waals surface area contributed by atoms with Crippen LogP contribution < -0.4 is 11.1 Å². The second-order valence-corrected chi connectivity index (χ2v) is 7.49. The van der Waals surface area contributed by atoms with Crippen LogP contribution in [0.2, 0.25) is 0 Å². The molecule has 1 aliphatic heterocycles. The van der Waals surface area contributed by atoms with Crippen LogP contribution in [-0.4, -0.2) is 28.6 Å². The summed E-state index contributed by atoms with van der Waals surface area (Å²) in [4.78, 5) is 0. The summed E-state index contributed by atoms with van der Waals surface area (Å²) in [6.07, 6.45) is 1.46. The predicted molar refractivity (Wildman–Crippen MR) is 91.2 cm³/mol. The summed E-state index contributed by atoms with van der Waals surface area (Å²) < 4.78 is 0. The number of aliphatic hydroxyl groups is 2. The summed E-state index contributed by atoms with van der Waals surface area (Å²) in [5.74, 6) is 0.573. The Kier molecular flexibility index (Phi) is 5.15. The molecule has 124 valence electrons. The molecule has 1 aromatic carbocycles. The van der Waals surface area contributed by atoms with E-state index in [0.717, 1.165) is 18.5 Å². The molecule has 1 heterocycles. The predicted octanol–water partition coefficient (Wildman–Crippen LogP) is 2.69. The Morgan fingerprint density at radius 3 is 2.59 bits per heavy atom. The van der Waals surface area contributed by atoms with E-state index in [4.69, 9.17) is 5.73 Å². The Morgan fingerprint density at radius 1 is 1.36 bits per heavy atom. The lowest BCUT2D eigenvalue weighted by Crippen LogP contribution is -2.38. The highest BCUT2D eigenvalue weighted by Gasteiger charge is 2.32. The average Bonchev–Trinajstić information content (AvgIpc) is 2.42. The number of nitrogens with two attached hydrogens (primary N) is 1. The third-order valence-corrected chi connectivity index (χ3v) is 4.53. The van der Waals surface area contributed by atoms with Gasteiger partial charge in [0.1, 0.15) is 6.23 Å². The molecule has 4 heteroatoms. The molecule has 0 aromatic heterocycles. The SMILES string of the molecule is CC(C)c1cc2c(cc1CC[C@@H](N)O)C(CO)CC(C)(C)N2. The lowest BCUT2D eigenvalue weighted by molar-refractivity contribution is 0.172. The van der Waals surface area contributed by atoms with Crippen molar-refractivity contribution in [3.63, 3.8) is 0 Å². The number of benzene rings is 1. The zero-order valence-corrected chi connectivity index (χ0v) is 14.2. The van der Waals surface area contributed by atoms with Gasteiger partial charge in [-0.15, -0.1) is 0 Å². The summed E-state index contributed by atoms with van der Waals surface area (Å²) >= 11 is 0. The van der Waals surface area contributed by atoms with Crippen molar-refractivity contribution >= 4 is 5.69 Å². The van der Waals surface area contributed by atoms with Crippen LogP contribution in [0.3, 0.4) is 0 Å². The number of aryl methyl sites for hydroxylation is 1. The fraction of sp³-hybridized carbons (Fsp3) is 0.667. The normalized spacial score (nSPS) is 21.4. The van der Waals surface area contributed by atoms with Crippen LogP contribution in [0.15, 0.2) is 12.1 Å². The molecule has 5 N–H and O–H groups in total. The summed E-state index contributed by atoms with van der Waals surface area (Å²) in [5, 5.41) is 22.7. The largest absolute Gasteiger partial charge is 0.396 e. The highest BCUT2D eigenvalue weighted by atomic mass is 16.3. The van der Waals surface area contributed by atoms with Crippen LogP contribution in [0, 0.1) is 0 Å². The molecule has 2 atom stereocenters. The molecule has 0 saturated carbocycles. The summed E-state index contributed by atoms with van der Waals surface area (Å²) in [6, 6.07) is 4.43. The molecule has 0 spiro atoms. The van der Waals surface area contributed by atoms with Gasteiger partial charge in [-0.1, -0.05) is 19.9 Å². The Bertz CT molecular complexity index is 524. The number of rotatable bonds is 5. The minimum atomic E-state index is -0.776. The highest BCUT2D eigenvalue weighted by molar-refractivity contribution is 5.61.